The number of fused-ring (bicyclic) bond motifs is 1. The number of amides is 1. The number of anilines is 1. The van der Waals surface area contributed by atoms with Crippen molar-refractivity contribution in [3.05, 3.63) is 70.6 Å². The zero-order chi connectivity index (χ0) is 22.7. The smallest absolute Gasteiger partial charge is 0.251 e. The molecule has 9 heteroatoms. The number of pyridine rings is 1. The Kier molecular flexibility index (Phi) is 6.83. The third kappa shape index (κ3) is 4.98. The molecule has 3 unspecified atom stereocenters. The Balaban J connectivity index is 1.52. The molecule has 3 N–H and O–H groups in total. The van der Waals surface area contributed by atoms with E-state index >= 15 is 0 Å². The summed E-state index contributed by atoms with van der Waals surface area (Å²) < 4.78 is 32.6. The summed E-state index contributed by atoms with van der Waals surface area (Å²) in [7, 11) is 0. The number of nitrogens with one attached hydrogen (secondary N) is 2. The third-order valence-corrected chi connectivity index (χ3v) is 5.73. The van der Waals surface area contributed by atoms with E-state index in [2.05, 4.69) is 15.6 Å². The Morgan fingerprint density at radius 1 is 1.25 bits per heavy atom. The zero-order valence-electron chi connectivity index (χ0n) is 17.0. The van der Waals surface area contributed by atoms with Crippen LogP contribution in [-0.4, -0.2) is 48.0 Å². The van der Waals surface area contributed by atoms with E-state index in [1.165, 1.54) is 18.2 Å². The Morgan fingerprint density at radius 3 is 2.84 bits per heavy atom. The molecule has 0 aliphatic carbocycles. The molecule has 3 atom stereocenters. The molecule has 168 valence electrons. The standard InChI is InChI=1S/C23H22ClF2N3O3/c24-17-8-13(3-4-18(17)25)21(11-30)29-23(31)14-1-2-15-10-27-22(9-16(15)7-14)28-20-5-6-32-12-19(20)26/h1-4,7-10,19-21,30H,5-6,11-12H2,(H,27,28)(H,29,31). The van der Waals surface area contributed by atoms with E-state index in [9.17, 15) is 18.7 Å². The van der Waals surface area contributed by atoms with E-state index in [0.717, 1.165) is 10.8 Å². The predicted octanol–water partition coefficient (Wildman–Crippen LogP) is 4.03. The minimum atomic E-state index is -1.12. The number of aliphatic hydroxyl groups excluding tert-OH is 1. The van der Waals surface area contributed by atoms with Crippen LogP contribution in [0.2, 0.25) is 5.02 Å². The second-order valence-electron chi connectivity index (χ2n) is 7.64. The number of nitrogens with zero attached hydrogens (tertiary/aromatic N) is 1. The van der Waals surface area contributed by atoms with Crippen LogP contribution in [-0.2, 0) is 4.74 Å². The lowest BCUT2D eigenvalue weighted by atomic mass is 10.0. The zero-order valence-corrected chi connectivity index (χ0v) is 17.8. The molecule has 3 aromatic rings. The lowest BCUT2D eigenvalue weighted by Gasteiger charge is -2.27. The van der Waals surface area contributed by atoms with Gasteiger partial charge in [0.1, 0.15) is 17.8 Å². The van der Waals surface area contributed by atoms with Gasteiger partial charge in [-0.25, -0.2) is 13.8 Å². The fraction of sp³-hybridized carbons (Fsp3) is 0.304. The number of carbonyl (C=O) groups is 1. The molecule has 0 saturated carbocycles. The van der Waals surface area contributed by atoms with Gasteiger partial charge >= 0.3 is 0 Å². The number of carbonyl (C=O) groups excluding carboxylic acids is 1. The Hall–Kier alpha value is -2.81. The summed E-state index contributed by atoms with van der Waals surface area (Å²) in [5.41, 5.74) is 0.858. The third-order valence-electron chi connectivity index (χ3n) is 5.44. The maximum Gasteiger partial charge on any atom is 0.251 e. The van der Waals surface area contributed by atoms with Crippen LogP contribution in [0.4, 0.5) is 14.6 Å². The molecule has 2 heterocycles. The van der Waals surface area contributed by atoms with E-state index in [0.29, 0.717) is 30.0 Å². The van der Waals surface area contributed by atoms with Gasteiger partial charge in [0.2, 0.25) is 0 Å². The van der Waals surface area contributed by atoms with Crippen molar-refractivity contribution in [1.29, 1.82) is 0 Å². The number of ether oxygens (including phenoxy) is 1. The van der Waals surface area contributed by atoms with Gasteiger partial charge in [0, 0.05) is 23.8 Å². The molecule has 1 fully saturated rings. The molecule has 0 spiro atoms. The first kappa shape index (κ1) is 22.4. The molecule has 0 bridgehead atoms. The molecule has 0 radical (unpaired) electrons. The quantitative estimate of drug-likeness (QED) is 0.516. The maximum atomic E-state index is 14.0. The summed E-state index contributed by atoms with van der Waals surface area (Å²) in [4.78, 5) is 17.1. The topological polar surface area (TPSA) is 83.5 Å². The number of benzene rings is 2. The summed E-state index contributed by atoms with van der Waals surface area (Å²) >= 11 is 5.82. The van der Waals surface area contributed by atoms with Crippen molar-refractivity contribution < 1.29 is 23.4 Å². The molecule has 1 saturated heterocycles. The Labute approximate surface area is 188 Å². The molecule has 6 nitrogen and oxygen atoms in total. The summed E-state index contributed by atoms with van der Waals surface area (Å²) in [5.74, 6) is -0.476. The lowest BCUT2D eigenvalue weighted by molar-refractivity contribution is 0.0285. The van der Waals surface area contributed by atoms with Crippen LogP contribution in [0.25, 0.3) is 10.8 Å². The highest BCUT2D eigenvalue weighted by molar-refractivity contribution is 6.30. The first-order valence-electron chi connectivity index (χ1n) is 10.2. The van der Waals surface area contributed by atoms with Gasteiger partial charge in [-0.05, 0) is 47.7 Å². The van der Waals surface area contributed by atoms with Gasteiger partial charge in [-0.15, -0.1) is 0 Å². The molecule has 1 aliphatic heterocycles. The first-order chi connectivity index (χ1) is 15.4. The van der Waals surface area contributed by atoms with Crippen LogP contribution in [0.3, 0.4) is 0 Å². The second-order valence-corrected chi connectivity index (χ2v) is 8.05. The second kappa shape index (κ2) is 9.77. The largest absolute Gasteiger partial charge is 0.394 e. The molecule has 32 heavy (non-hydrogen) atoms. The van der Waals surface area contributed by atoms with Crippen LogP contribution in [0.15, 0.2) is 48.7 Å². The fourth-order valence-corrected chi connectivity index (χ4v) is 3.81. The summed E-state index contributed by atoms with van der Waals surface area (Å²) in [5, 5.41) is 17.0. The van der Waals surface area contributed by atoms with Crippen molar-refractivity contribution in [2.75, 3.05) is 25.1 Å². The van der Waals surface area contributed by atoms with Crippen LogP contribution in [0.1, 0.15) is 28.4 Å². The minimum Gasteiger partial charge on any atom is -0.394 e. The molecule has 1 amide bonds. The Morgan fingerprint density at radius 2 is 2.09 bits per heavy atom. The highest BCUT2D eigenvalue weighted by Crippen LogP contribution is 2.24. The Bertz CT molecular complexity index is 1130. The maximum absolute atomic E-state index is 14.0. The summed E-state index contributed by atoms with van der Waals surface area (Å²) in [6, 6.07) is 9.75. The number of aliphatic hydroxyl groups is 1. The molecular formula is C23H22ClF2N3O3. The highest BCUT2D eigenvalue weighted by atomic mass is 35.5. The van der Waals surface area contributed by atoms with Gasteiger partial charge in [0.05, 0.1) is 30.3 Å². The first-order valence-corrected chi connectivity index (χ1v) is 10.6. The van der Waals surface area contributed by atoms with Gasteiger partial charge in [-0.2, -0.15) is 0 Å². The molecule has 1 aliphatic rings. The summed E-state index contributed by atoms with van der Waals surface area (Å²) in [6.07, 6.45) is 1.08. The number of hydrogen-bond donors (Lipinski definition) is 3. The van der Waals surface area contributed by atoms with Crippen LogP contribution in [0, 0.1) is 5.82 Å². The number of hydrogen-bond acceptors (Lipinski definition) is 5. The van der Waals surface area contributed by atoms with Gasteiger partial charge in [0.25, 0.3) is 5.91 Å². The lowest BCUT2D eigenvalue weighted by Crippen LogP contribution is -2.39. The molecule has 2 aromatic carbocycles. The number of rotatable bonds is 6. The van der Waals surface area contributed by atoms with Gasteiger partial charge in [0.15, 0.2) is 0 Å². The molecular weight excluding hydrogens is 440 g/mol. The van der Waals surface area contributed by atoms with E-state index in [1.54, 1.807) is 30.5 Å². The van der Waals surface area contributed by atoms with Gasteiger partial charge in [-0.1, -0.05) is 23.7 Å². The minimum absolute atomic E-state index is 0.0564. The van der Waals surface area contributed by atoms with E-state index < -0.39 is 23.9 Å². The molecule has 4 rings (SSSR count). The van der Waals surface area contributed by atoms with Crippen molar-refractivity contribution in [3.8, 4) is 0 Å². The molecule has 1 aromatic heterocycles. The monoisotopic (exact) mass is 461 g/mol. The van der Waals surface area contributed by atoms with Crippen molar-refractivity contribution >= 4 is 34.1 Å². The van der Waals surface area contributed by atoms with Crippen molar-refractivity contribution in [2.45, 2.75) is 24.7 Å². The number of alkyl halides is 1. The van der Waals surface area contributed by atoms with Crippen molar-refractivity contribution in [3.63, 3.8) is 0 Å². The van der Waals surface area contributed by atoms with Crippen molar-refractivity contribution in [2.24, 2.45) is 0 Å². The van der Waals surface area contributed by atoms with E-state index in [4.69, 9.17) is 16.3 Å². The van der Waals surface area contributed by atoms with E-state index in [1.807, 2.05) is 0 Å². The number of halogens is 3. The summed E-state index contributed by atoms with van der Waals surface area (Å²) in [6.45, 7) is 0.164. The number of aromatic nitrogens is 1. The van der Waals surface area contributed by atoms with Crippen LogP contribution < -0.4 is 10.6 Å². The fourth-order valence-electron chi connectivity index (χ4n) is 3.62. The SMILES string of the molecule is O=C(NC(CO)c1ccc(F)c(Cl)c1)c1ccc2cnc(NC3CCOCC3F)cc2c1. The van der Waals surface area contributed by atoms with Gasteiger partial charge in [-0.3, -0.25) is 4.79 Å². The van der Waals surface area contributed by atoms with Gasteiger partial charge < -0.3 is 20.5 Å². The van der Waals surface area contributed by atoms with E-state index in [-0.39, 0.29) is 24.3 Å². The normalized spacial score (nSPS) is 19.5. The average Bonchev–Trinajstić information content (AvgIpc) is 2.80. The highest BCUT2D eigenvalue weighted by Gasteiger charge is 2.25. The predicted molar refractivity (Wildman–Crippen MR) is 118 cm³/mol. The van der Waals surface area contributed by atoms with Crippen LogP contribution >= 0.6 is 11.6 Å². The van der Waals surface area contributed by atoms with Crippen LogP contribution in [0.5, 0.6) is 0 Å². The van der Waals surface area contributed by atoms with Crippen molar-refractivity contribution in [1.82, 2.24) is 10.3 Å². The average molecular weight is 462 g/mol.